The second kappa shape index (κ2) is 6.22. The molecule has 0 fully saturated rings. The maximum Gasteiger partial charge on any atom is 0.180 e. The van der Waals surface area contributed by atoms with Gasteiger partial charge in [0.25, 0.3) is 0 Å². The zero-order valence-electron chi connectivity index (χ0n) is 10.1. The summed E-state index contributed by atoms with van der Waals surface area (Å²) < 4.78 is 0. The Hall–Kier alpha value is -1.59. The average molecular weight is 238 g/mol. The fourth-order valence-electron chi connectivity index (χ4n) is 1.47. The molecule has 0 aliphatic carbocycles. The van der Waals surface area contributed by atoms with Gasteiger partial charge in [0, 0.05) is 19.2 Å². The summed E-state index contributed by atoms with van der Waals surface area (Å²) in [5.74, 6) is -0.402. The van der Waals surface area contributed by atoms with E-state index < -0.39 is 0 Å². The molecule has 1 aromatic carbocycles. The molecule has 0 bridgehead atoms. The highest BCUT2D eigenvalue weighted by molar-refractivity contribution is 6.00. The first-order chi connectivity index (χ1) is 8.04. The third kappa shape index (κ3) is 4.05. The fraction of sp³-hybridized carbons (Fsp3) is 0.417. The molecule has 1 aromatic rings. The van der Waals surface area contributed by atoms with Gasteiger partial charge in [-0.2, -0.15) is 0 Å². The SMILES string of the molecule is CNCCN(C)CC(=O)c1ccc(O)cc1O. The van der Waals surface area contributed by atoms with Crippen LogP contribution in [0.3, 0.4) is 0 Å². The molecule has 0 heterocycles. The molecule has 0 aliphatic rings. The van der Waals surface area contributed by atoms with E-state index in [9.17, 15) is 9.90 Å². The van der Waals surface area contributed by atoms with Gasteiger partial charge < -0.3 is 15.5 Å². The zero-order valence-corrected chi connectivity index (χ0v) is 10.1. The Bertz CT molecular complexity index is 393. The van der Waals surface area contributed by atoms with Crippen LogP contribution < -0.4 is 5.32 Å². The van der Waals surface area contributed by atoms with Gasteiger partial charge >= 0.3 is 0 Å². The minimum Gasteiger partial charge on any atom is -0.508 e. The molecule has 0 aliphatic heterocycles. The molecule has 0 spiro atoms. The smallest absolute Gasteiger partial charge is 0.180 e. The minimum atomic E-state index is -0.183. The molecule has 0 radical (unpaired) electrons. The van der Waals surface area contributed by atoms with Crippen LogP contribution in [0.4, 0.5) is 0 Å². The lowest BCUT2D eigenvalue weighted by atomic mass is 10.1. The predicted molar refractivity (Wildman–Crippen MR) is 65.5 cm³/mol. The first-order valence-corrected chi connectivity index (χ1v) is 5.43. The Morgan fingerprint density at radius 1 is 1.41 bits per heavy atom. The highest BCUT2D eigenvalue weighted by Crippen LogP contribution is 2.22. The van der Waals surface area contributed by atoms with Gasteiger partial charge in [-0.15, -0.1) is 0 Å². The first kappa shape index (κ1) is 13.5. The summed E-state index contributed by atoms with van der Waals surface area (Å²) in [6.45, 7) is 1.78. The number of carbonyl (C=O) groups is 1. The summed E-state index contributed by atoms with van der Waals surface area (Å²) in [4.78, 5) is 13.7. The van der Waals surface area contributed by atoms with E-state index in [1.807, 2.05) is 19.0 Å². The number of rotatable bonds is 6. The maximum atomic E-state index is 11.8. The number of nitrogens with one attached hydrogen (secondary N) is 1. The molecular formula is C12H18N2O3. The largest absolute Gasteiger partial charge is 0.508 e. The van der Waals surface area contributed by atoms with Crippen molar-refractivity contribution in [1.82, 2.24) is 10.2 Å². The van der Waals surface area contributed by atoms with Crippen molar-refractivity contribution in [2.24, 2.45) is 0 Å². The lowest BCUT2D eigenvalue weighted by molar-refractivity contribution is 0.0944. The summed E-state index contributed by atoms with van der Waals surface area (Å²) in [6.07, 6.45) is 0. The molecule has 0 amide bonds. The van der Waals surface area contributed by atoms with Gasteiger partial charge in [0.1, 0.15) is 11.5 Å². The lowest BCUT2D eigenvalue weighted by Gasteiger charge is -2.15. The van der Waals surface area contributed by atoms with Crippen LogP contribution in [0, 0.1) is 0 Å². The van der Waals surface area contributed by atoms with E-state index in [1.54, 1.807) is 0 Å². The third-order valence-corrected chi connectivity index (χ3v) is 2.44. The standard InChI is InChI=1S/C12H18N2O3/c1-13-5-6-14(2)8-12(17)10-4-3-9(15)7-11(10)16/h3-4,7,13,15-16H,5-6,8H2,1-2H3. The number of phenols is 2. The molecule has 0 unspecified atom stereocenters. The van der Waals surface area contributed by atoms with E-state index in [0.717, 1.165) is 13.1 Å². The first-order valence-electron chi connectivity index (χ1n) is 5.43. The average Bonchev–Trinajstić information content (AvgIpc) is 2.26. The van der Waals surface area contributed by atoms with Gasteiger partial charge in [-0.25, -0.2) is 0 Å². The van der Waals surface area contributed by atoms with Crippen molar-refractivity contribution in [3.63, 3.8) is 0 Å². The van der Waals surface area contributed by atoms with Crippen molar-refractivity contribution in [3.8, 4) is 11.5 Å². The summed E-state index contributed by atoms with van der Waals surface area (Å²) in [6, 6.07) is 3.99. The Labute approximate surface area is 101 Å². The topological polar surface area (TPSA) is 72.8 Å². The van der Waals surface area contributed by atoms with Crippen molar-refractivity contribution in [2.75, 3.05) is 33.7 Å². The van der Waals surface area contributed by atoms with E-state index in [-0.39, 0.29) is 29.4 Å². The van der Waals surface area contributed by atoms with E-state index in [2.05, 4.69) is 5.32 Å². The van der Waals surface area contributed by atoms with Gasteiger partial charge in [-0.05, 0) is 26.2 Å². The Morgan fingerprint density at radius 3 is 2.71 bits per heavy atom. The molecule has 1 rings (SSSR count). The van der Waals surface area contributed by atoms with Crippen LogP contribution >= 0.6 is 0 Å². The molecule has 0 atom stereocenters. The molecule has 94 valence electrons. The third-order valence-electron chi connectivity index (χ3n) is 2.44. The molecule has 5 nitrogen and oxygen atoms in total. The number of hydrogen-bond acceptors (Lipinski definition) is 5. The summed E-state index contributed by atoms with van der Waals surface area (Å²) in [5.41, 5.74) is 0.235. The van der Waals surface area contributed by atoms with E-state index in [4.69, 9.17) is 5.11 Å². The van der Waals surface area contributed by atoms with Crippen LogP contribution in [-0.4, -0.2) is 54.6 Å². The molecule has 0 saturated heterocycles. The van der Waals surface area contributed by atoms with Crippen molar-refractivity contribution < 1.29 is 15.0 Å². The van der Waals surface area contributed by atoms with E-state index >= 15 is 0 Å². The second-order valence-corrected chi connectivity index (χ2v) is 3.97. The normalized spacial score (nSPS) is 10.8. The van der Waals surface area contributed by atoms with Crippen LogP contribution in [0.5, 0.6) is 11.5 Å². The highest BCUT2D eigenvalue weighted by Gasteiger charge is 2.13. The number of likely N-dealkylation sites (N-methyl/N-ethyl adjacent to an activating group) is 2. The summed E-state index contributed by atoms with van der Waals surface area (Å²) >= 11 is 0. The predicted octanol–water partition coefficient (Wildman–Crippen LogP) is 0.432. The Balaban J connectivity index is 2.63. The van der Waals surface area contributed by atoms with Crippen LogP contribution in [0.15, 0.2) is 18.2 Å². The van der Waals surface area contributed by atoms with Crippen LogP contribution in [-0.2, 0) is 0 Å². The monoisotopic (exact) mass is 238 g/mol. The summed E-state index contributed by atoms with van der Waals surface area (Å²) in [5, 5.41) is 21.7. The van der Waals surface area contributed by atoms with Crippen molar-refractivity contribution in [2.45, 2.75) is 0 Å². The van der Waals surface area contributed by atoms with Gasteiger partial charge in [0.15, 0.2) is 5.78 Å². The second-order valence-electron chi connectivity index (χ2n) is 3.97. The molecule has 3 N–H and O–H groups in total. The van der Waals surface area contributed by atoms with E-state index in [1.165, 1.54) is 18.2 Å². The number of benzene rings is 1. The van der Waals surface area contributed by atoms with Crippen LogP contribution in [0.1, 0.15) is 10.4 Å². The number of Topliss-reactive ketones (excluding diaryl/α,β-unsaturated/α-hetero) is 1. The fourth-order valence-corrected chi connectivity index (χ4v) is 1.47. The molecule has 17 heavy (non-hydrogen) atoms. The van der Waals surface area contributed by atoms with Crippen molar-refractivity contribution in [3.05, 3.63) is 23.8 Å². The number of nitrogens with zero attached hydrogens (tertiary/aromatic N) is 1. The molecule has 5 heteroatoms. The quantitative estimate of drug-likeness (QED) is 0.627. The van der Waals surface area contributed by atoms with Crippen molar-refractivity contribution in [1.29, 1.82) is 0 Å². The van der Waals surface area contributed by atoms with Crippen LogP contribution in [0.2, 0.25) is 0 Å². The van der Waals surface area contributed by atoms with Gasteiger partial charge in [-0.1, -0.05) is 0 Å². The molecule has 0 aromatic heterocycles. The summed E-state index contributed by atoms with van der Waals surface area (Å²) in [7, 11) is 3.69. The lowest BCUT2D eigenvalue weighted by Crippen LogP contribution is -2.31. The van der Waals surface area contributed by atoms with Gasteiger partial charge in [-0.3, -0.25) is 9.69 Å². The maximum absolute atomic E-state index is 11.8. The zero-order chi connectivity index (χ0) is 12.8. The van der Waals surface area contributed by atoms with Crippen LogP contribution in [0.25, 0.3) is 0 Å². The highest BCUT2D eigenvalue weighted by atomic mass is 16.3. The van der Waals surface area contributed by atoms with E-state index in [0.29, 0.717) is 0 Å². The number of phenolic OH excluding ortho intramolecular Hbond substituents is 2. The molecule has 0 saturated carbocycles. The molecular weight excluding hydrogens is 220 g/mol. The Morgan fingerprint density at radius 2 is 2.12 bits per heavy atom. The number of hydrogen-bond donors (Lipinski definition) is 3. The van der Waals surface area contributed by atoms with Gasteiger partial charge in [0.2, 0.25) is 0 Å². The Kier molecular flexibility index (Phi) is 4.93. The number of carbonyl (C=O) groups excluding carboxylic acids is 1. The number of aromatic hydroxyl groups is 2. The van der Waals surface area contributed by atoms with Crippen molar-refractivity contribution >= 4 is 5.78 Å². The minimum absolute atomic E-state index is 0.0532. The van der Waals surface area contributed by atoms with Gasteiger partial charge in [0.05, 0.1) is 12.1 Å². The number of ketones is 1.